The Morgan fingerprint density at radius 3 is 1.22 bits per heavy atom. The molecule has 0 unspecified atom stereocenters. The van der Waals surface area contributed by atoms with Gasteiger partial charge in [-0.25, -0.2) is 15.0 Å². The van der Waals surface area contributed by atoms with Gasteiger partial charge in [0.25, 0.3) is 0 Å². The van der Waals surface area contributed by atoms with Crippen LogP contribution in [-0.2, 0) is 0 Å². The van der Waals surface area contributed by atoms with E-state index in [0.717, 1.165) is 71.9 Å². The van der Waals surface area contributed by atoms with Gasteiger partial charge in [-0.2, -0.15) is 0 Å². The monoisotopic (exact) mass is 641 g/mol. The average Bonchev–Trinajstić information content (AvgIpc) is 3.71. The normalized spacial score (nSPS) is 11.6. The summed E-state index contributed by atoms with van der Waals surface area (Å²) in [7, 11) is 0. The third-order valence-corrected chi connectivity index (χ3v) is 9.23. The summed E-state index contributed by atoms with van der Waals surface area (Å²) in [6.07, 6.45) is 3.71. The Kier molecular flexibility index (Phi) is 6.35. The first kappa shape index (κ1) is 28.1. The molecule has 5 aromatic heterocycles. The zero-order valence-corrected chi connectivity index (χ0v) is 26.7. The number of para-hydroxylation sites is 2. The van der Waals surface area contributed by atoms with Gasteiger partial charge in [-0.05, 0) is 54.6 Å². The van der Waals surface area contributed by atoms with Gasteiger partial charge in [0.15, 0.2) is 17.5 Å². The molecular weight excluding hydrogens is 615 g/mol. The summed E-state index contributed by atoms with van der Waals surface area (Å²) in [5.41, 5.74) is 10.7. The van der Waals surface area contributed by atoms with Crippen LogP contribution in [0.1, 0.15) is 0 Å². The highest BCUT2D eigenvalue weighted by atomic mass is 15.1. The summed E-state index contributed by atoms with van der Waals surface area (Å²) in [5.74, 6) is 1.81. The molecule has 0 amide bonds. The molecule has 0 radical (unpaired) electrons. The van der Waals surface area contributed by atoms with Crippen LogP contribution in [0, 0.1) is 0 Å². The summed E-state index contributed by atoms with van der Waals surface area (Å²) in [6, 6.07) is 51.8. The molecule has 234 valence electrons. The lowest BCUT2D eigenvalue weighted by Crippen LogP contribution is -2.03. The van der Waals surface area contributed by atoms with E-state index in [9.17, 15) is 0 Å². The summed E-state index contributed by atoms with van der Waals surface area (Å²) < 4.78 is 4.57. The number of aromatic nitrogens is 7. The zero-order chi connectivity index (χ0) is 33.0. The van der Waals surface area contributed by atoms with E-state index in [2.05, 4.69) is 88.0 Å². The van der Waals surface area contributed by atoms with Crippen molar-refractivity contribution in [1.29, 1.82) is 0 Å². The van der Waals surface area contributed by atoms with E-state index in [-0.39, 0.29) is 0 Å². The lowest BCUT2D eigenvalue weighted by Gasteiger charge is -2.16. The van der Waals surface area contributed by atoms with Crippen molar-refractivity contribution in [3.05, 3.63) is 164 Å². The van der Waals surface area contributed by atoms with Gasteiger partial charge in [-0.1, -0.05) is 97.1 Å². The summed E-state index contributed by atoms with van der Waals surface area (Å²) >= 11 is 0. The lowest BCUT2D eigenvalue weighted by molar-refractivity contribution is 1.07. The molecule has 0 aliphatic carbocycles. The minimum absolute atomic E-state index is 0.582. The SMILES string of the molecule is c1ccc(-c2nc(-c3ccccc3)nc(-c3cc(-n4c5ccccc5c5ncccc54)cc(-n4c5ccccc5c5ncccc54)c3)n2)cc1. The fourth-order valence-corrected chi connectivity index (χ4v) is 7.04. The molecule has 50 heavy (non-hydrogen) atoms. The Morgan fingerprint density at radius 2 is 0.740 bits per heavy atom. The Balaban J connectivity index is 1.31. The topological polar surface area (TPSA) is 74.3 Å². The Morgan fingerprint density at radius 1 is 0.340 bits per heavy atom. The maximum absolute atomic E-state index is 5.13. The number of rotatable bonds is 5. The van der Waals surface area contributed by atoms with E-state index in [1.807, 2.05) is 85.2 Å². The van der Waals surface area contributed by atoms with Gasteiger partial charge in [-0.3, -0.25) is 9.97 Å². The van der Waals surface area contributed by atoms with Gasteiger partial charge < -0.3 is 9.13 Å². The van der Waals surface area contributed by atoms with E-state index < -0.39 is 0 Å². The molecule has 0 saturated carbocycles. The molecule has 0 bridgehead atoms. The van der Waals surface area contributed by atoms with Crippen molar-refractivity contribution in [2.45, 2.75) is 0 Å². The van der Waals surface area contributed by atoms with Gasteiger partial charge in [0, 0.05) is 51.2 Å². The molecule has 7 heteroatoms. The Labute approximate surface area is 286 Å². The molecule has 10 rings (SSSR count). The standard InChI is InChI=1S/C43H27N7/c1-3-13-28(14-4-1)41-46-42(29-15-5-2-6-16-29)48-43(47-41)30-25-31(49-35-19-9-7-17-33(35)39-37(49)21-11-23-44-39)27-32(26-30)50-36-20-10-8-18-34(36)40-38(50)22-12-24-45-40/h1-27H. The van der Waals surface area contributed by atoms with E-state index in [1.54, 1.807) is 0 Å². The average molecular weight is 642 g/mol. The predicted octanol–water partition coefficient (Wildman–Crippen LogP) is 9.86. The van der Waals surface area contributed by atoms with Crippen LogP contribution in [0.3, 0.4) is 0 Å². The van der Waals surface area contributed by atoms with Crippen molar-refractivity contribution in [2.24, 2.45) is 0 Å². The molecule has 10 aromatic rings. The van der Waals surface area contributed by atoms with E-state index in [0.29, 0.717) is 17.5 Å². The third-order valence-electron chi connectivity index (χ3n) is 9.23. The molecule has 0 fully saturated rings. The lowest BCUT2D eigenvalue weighted by atomic mass is 10.1. The van der Waals surface area contributed by atoms with Gasteiger partial charge in [-0.15, -0.1) is 0 Å². The van der Waals surface area contributed by atoms with Crippen LogP contribution in [0.15, 0.2) is 164 Å². The molecule has 0 aliphatic rings. The fourth-order valence-electron chi connectivity index (χ4n) is 7.04. The predicted molar refractivity (Wildman–Crippen MR) is 200 cm³/mol. The molecule has 0 N–H and O–H groups in total. The summed E-state index contributed by atoms with van der Waals surface area (Å²) in [5, 5.41) is 2.18. The maximum Gasteiger partial charge on any atom is 0.164 e. The zero-order valence-electron chi connectivity index (χ0n) is 26.7. The number of hydrogen-bond acceptors (Lipinski definition) is 5. The number of hydrogen-bond donors (Lipinski definition) is 0. The second-order valence-corrected chi connectivity index (χ2v) is 12.2. The molecular formula is C43H27N7. The first-order chi connectivity index (χ1) is 24.8. The quantitative estimate of drug-likeness (QED) is 0.187. The van der Waals surface area contributed by atoms with Crippen LogP contribution in [-0.4, -0.2) is 34.1 Å². The highest BCUT2D eigenvalue weighted by Crippen LogP contribution is 2.37. The summed E-state index contributed by atoms with van der Waals surface area (Å²) in [6.45, 7) is 0. The smallest absolute Gasteiger partial charge is 0.164 e. The first-order valence-corrected chi connectivity index (χ1v) is 16.5. The fraction of sp³-hybridized carbons (Fsp3) is 0. The highest BCUT2D eigenvalue weighted by Gasteiger charge is 2.20. The Hall–Kier alpha value is -6.99. The van der Waals surface area contributed by atoms with Crippen LogP contribution in [0.2, 0.25) is 0 Å². The molecule has 0 atom stereocenters. The van der Waals surface area contributed by atoms with Crippen LogP contribution in [0.25, 0.3) is 89.4 Å². The second kappa shape index (κ2) is 11.3. The first-order valence-electron chi connectivity index (χ1n) is 16.5. The van der Waals surface area contributed by atoms with E-state index >= 15 is 0 Å². The van der Waals surface area contributed by atoms with Crippen LogP contribution in [0.4, 0.5) is 0 Å². The molecule has 5 aromatic carbocycles. The molecule has 5 heterocycles. The molecule has 0 aliphatic heterocycles. The number of benzene rings is 5. The summed E-state index contributed by atoms with van der Waals surface area (Å²) in [4.78, 5) is 24.8. The van der Waals surface area contributed by atoms with Crippen molar-refractivity contribution in [3.8, 4) is 45.5 Å². The minimum Gasteiger partial charge on any atom is -0.308 e. The van der Waals surface area contributed by atoms with Crippen LogP contribution >= 0.6 is 0 Å². The highest BCUT2D eigenvalue weighted by molar-refractivity contribution is 6.08. The minimum atomic E-state index is 0.582. The van der Waals surface area contributed by atoms with Crippen molar-refractivity contribution in [2.75, 3.05) is 0 Å². The number of fused-ring (bicyclic) bond motifs is 6. The van der Waals surface area contributed by atoms with E-state index in [4.69, 9.17) is 24.9 Å². The van der Waals surface area contributed by atoms with Gasteiger partial charge in [0.1, 0.15) is 0 Å². The van der Waals surface area contributed by atoms with Crippen molar-refractivity contribution >= 4 is 43.9 Å². The largest absolute Gasteiger partial charge is 0.308 e. The maximum atomic E-state index is 5.13. The molecule has 0 spiro atoms. The van der Waals surface area contributed by atoms with Gasteiger partial charge >= 0.3 is 0 Å². The van der Waals surface area contributed by atoms with Crippen molar-refractivity contribution < 1.29 is 0 Å². The third kappa shape index (κ3) is 4.48. The molecule has 7 nitrogen and oxygen atoms in total. The van der Waals surface area contributed by atoms with E-state index in [1.165, 1.54) is 0 Å². The van der Waals surface area contributed by atoms with Crippen LogP contribution in [0.5, 0.6) is 0 Å². The number of pyridine rings is 2. The second-order valence-electron chi connectivity index (χ2n) is 12.2. The Bertz CT molecular complexity index is 2580. The molecule has 0 saturated heterocycles. The van der Waals surface area contributed by atoms with Gasteiger partial charge in [0.05, 0.1) is 33.1 Å². The number of nitrogens with zero attached hydrogens (tertiary/aromatic N) is 7. The van der Waals surface area contributed by atoms with Gasteiger partial charge in [0.2, 0.25) is 0 Å². The van der Waals surface area contributed by atoms with Crippen molar-refractivity contribution in [3.63, 3.8) is 0 Å². The van der Waals surface area contributed by atoms with Crippen molar-refractivity contribution in [1.82, 2.24) is 34.1 Å². The van der Waals surface area contributed by atoms with Crippen LogP contribution < -0.4 is 0 Å².